The minimum atomic E-state index is 0.338. The van der Waals surface area contributed by atoms with Crippen LogP contribution in [0.2, 0.25) is 0 Å². The van der Waals surface area contributed by atoms with Gasteiger partial charge in [-0.05, 0) is 25.8 Å². The Morgan fingerprint density at radius 1 is 1.50 bits per heavy atom. The Morgan fingerprint density at radius 2 is 2.33 bits per heavy atom. The van der Waals surface area contributed by atoms with Crippen molar-refractivity contribution in [2.75, 3.05) is 39.9 Å². The van der Waals surface area contributed by atoms with E-state index in [1.165, 1.54) is 0 Å². The molecule has 5 nitrogen and oxygen atoms in total. The fourth-order valence-electron chi connectivity index (χ4n) is 3.14. The highest BCUT2D eigenvalue weighted by molar-refractivity contribution is 5.78. The molecule has 18 heavy (non-hydrogen) atoms. The first-order valence-corrected chi connectivity index (χ1v) is 6.98. The van der Waals surface area contributed by atoms with Gasteiger partial charge < -0.3 is 15.4 Å². The van der Waals surface area contributed by atoms with Gasteiger partial charge in [0.15, 0.2) is 0 Å². The van der Waals surface area contributed by atoms with Crippen molar-refractivity contribution in [3.63, 3.8) is 0 Å². The molecule has 0 aromatic carbocycles. The van der Waals surface area contributed by atoms with Gasteiger partial charge in [-0.2, -0.15) is 0 Å². The van der Waals surface area contributed by atoms with Gasteiger partial charge in [-0.1, -0.05) is 0 Å². The molecule has 0 bridgehead atoms. The number of amides is 1. The quantitative estimate of drug-likeness (QED) is 0.728. The highest BCUT2D eigenvalue weighted by atomic mass is 16.5. The van der Waals surface area contributed by atoms with Crippen LogP contribution in [-0.2, 0) is 9.53 Å². The number of carbonyl (C=O) groups excluding carboxylic acids is 1. The van der Waals surface area contributed by atoms with E-state index in [2.05, 4.69) is 9.80 Å². The van der Waals surface area contributed by atoms with E-state index in [4.69, 9.17) is 10.5 Å². The largest absolute Gasteiger partial charge is 0.383 e. The van der Waals surface area contributed by atoms with Crippen LogP contribution in [0.5, 0.6) is 0 Å². The van der Waals surface area contributed by atoms with Gasteiger partial charge in [0.1, 0.15) is 0 Å². The second-order valence-electron chi connectivity index (χ2n) is 5.31. The fraction of sp³-hybridized carbons (Fsp3) is 0.923. The first-order valence-electron chi connectivity index (χ1n) is 6.98. The van der Waals surface area contributed by atoms with E-state index < -0.39 is 0 Å². The Morgan fingerprint density at radius 3 is 3.06 bits per heavy atom. The third-order valence-electron chi connectivity index (χ3n) is 4.14. The molecule has 0 aromatic rings. The molecule has 2 heterocycles. The number of rotatable bonds is 6. The van der Waals surface area contributed by atoms with E-state index in [-0.39, 0.29) is 0 Å². The summed E-state index contributed by atoms with van der Waals surface area (Å²) in [6.45, 7) is 4.36. The van der Waals surface area contributed by atoms with Gasteiger partial charge in [-0.3, -0.25) is 9.69 Å². The Bertz CT molecular complexity index is 285. The molecule has 0 aromatic heterocycles. The van der Waals surface area contributed by atoms with Crippen LogP contribution in [0.4, 0.5) is 0 Å². The van der Waals surface area contributed by atoms with Gasteiger partial charge >= 0.3 is 0 Å². The van der Waals surface area contributed by atoms with Crippen LogP contribution in [0.1, 0.15) is 25.7 Å². The molecule has 2 rings (SSSR count). The van der Waals surface area contributed by atoms with E-state index in [0.29, 0.717) is 18.0 Å². The standard InChI is InChI=1S/C13H25N3O2/c1-18-10-12(3-2-6-14)15-7-8-16-11(9-15)4-5-13(16)17/h11-12H,2-10,14H2,1H3. The van der Waals surface area contributed by atoms with Gasteiger partial charge in [-0.15, -0.1) is 0 Å². The summed E-state index contributed by atoms with van der Waals surface area (Å²) in [5.41, 5.74) is 5.59. The van der Waals surface area contributed by atoms with Gasteiger partial charge in [0.05, 0.1) is 6.61 Å². The maximum absolute atomic E-state index is 11.6. The SMILES string of the molecule is COCC(CCCN)N1CCN2C(=O)CCC2C1. The highest BCUT2D eigenvalue weighted by Crippen LogP contribution is 2.24. The zero-order valence-electron chi connectivity index (χ0n) is 11.3. The zero-order valence-corrected chi connectivity index (χ0v) is 11.3. The molecule has 0 aliphatic carbocycles. The van der Waals surface area contributed by atoms with E-state index in [0.717, 1.165) is 58.5 Å². The van der Waals surface area contributed by atoms with Crippen molar-refractivity contribution >= 4 is 5.91 Å². The first kappa shape index (κ1) is 13.8. The second-order valence-corrected chi connectivity index (χ2v) is 5.31. The predicted molar refractivity (Wildman–Crippen MR) is 70.3 cm³/mol. The molecule has 5 heteroatoms. The van der Waals surface area contributed by atoms with E-state index in [9.17, 15) is 4.79 Å². The topological polar surface area (TPSA) is 58.8 Å². The molecule has 2 saturated heterocycles. The highest BCUT2D eigenvalue weighted by Gasteiger charge is 2.37. The number of carbonyl (C=O) groups is 1. The van der Waals surface area contributed by atoms with Crippen molar-refractivity contribution in [1.29, 1.82) is 0 Å². The van der Waals surface area contributed by atoms with E-state index in [1.807, 2.05) is 0 Å². The average Bonchev–Trinajstić information content (AvgIpc) is 2.76. The Balaban J connectivity index is 1.89. The van der Waals surface area contributed by atoms with Crippen molar-refractivity contribution in [1.82, 2.24) is 9.80 Å². The van der Waals surface area contributed by atoms with Crippen LogP contribution in [0, 0.1) is 0 Å². The summed E-state index contributed by atoms with van der Waals surface area (Å²) in [5, 5.41) is 0. The Hall–Kier alpha value is -0.650. The number of hydrogen-bond donors (Lipinski definition) is 1. The van der Waals surface area contributed by atoms with Gasteiger partial charge in [-0.25, -0.2) is 0 Å². The third-order valence-corrected chi connectivity index (χ3v) is 4.14. The predicted octanol–water partition coefficient (Wildman–Crippen LogP) is 0.0469. The average molecular weight is 255 g/mol. The summed E-state index contributed by atoms with van der Waals surface area (Å²) in [6, 6.07) is 0.889. The monoisotopic (exact) mass is 255 g/mol. The fourth-order valence-corrected chi connectivity index (χ4v) is 3.14. The molecule has 104 valence electrons. The first-order chi connectivity index (χ1) is 8.76. The molecule has 2 aliphatic heterocycles. The second kappa shape index (κ2) is 6.50. The van der Waals surface area contributed by atoms with E-state index in [1.54, 1.807) is 7.11 Å². The third kappa shape index (κ3) is 3.02. The number of nitrogens with two attached hydrogens (primary N) is 1. The molecular formula is C13H25N3O2. The summed E-state index contributed by atoms with van der Waals surface area (Å²) in [5.74, 6) is 0.338. The molecule has 0 radical (unpaired) electrons. The molecule has 2 unspecified atom stereocenters. The van der Waals surface area contributed by atoms with Crippen LogP contribution < -0.4 is 5.73 Å². The smallest absolute Gasteiger partial charge is 0.222 e. The molecular weight excluding hydrogens is 230 g/mol. The molecule has 2 fully saturated rings. The van der Waals surface area contributed by atoms with Crippen LogP contribution in [-0.4, -0.2) is 67.7 Å². The minimum Gasteiger partial charge on any atom is -0.383 e. The molecule has 0 saturated carbocycles. The number of ether oxygens (including phenoxy) is 1. The number of piperazine rings is 1. The molecule has 1 amide bonds. The maximum Gasteiger partial charge on any atom is 0.222 e. The van der Waals surface area contributed by atoms with Gasteiger partial charge in [0, 0.05) is 45.2 Å². The number of nitrogens with zero attached hydrogens (tertiary/aromatic N) is 2. The van der Waals surface area contributed by atoms with Crippen LogP contribution in [0.3, 0.4) is 0 Å². The molecule has 0 spiro atoms. The van der Waals surface area contributed by atoms with Crippen molar-refractivity contribution in [2.24, 2.45) is 5.73 Å². The van der Waals surface area contributed by atoms with Crippen molar-refractivity contribution < 1.29 is 9.53 Å². The lowest BCUT2D eigenvalue weighted by Crippen LogP contribution is -2.55. The lowest BCUT2D eigenvalue weighted by Gasteiger charge is -2.41. The van der Waals surface area contributed by atoms with Crippen molar-refractivity contribution in [3.05, 3.63) is 0 Å². The maximum atomic E-state index is 11.6. The molecule has 2 atom stereocenters. The zero-order chi connectivity index (χ0) is 13.0. The van der Waals surface area contributed by atoms with Crippen LogP contribution in [0.15, 0.2) is 0 Å². The molecule has 2 N–H and O–H groups in total. The lowest BCUT2D eigenvalue weighted by molar-refractivity contribution is -0.131. The minimum absolute atomic E-state index is 0.338. The Labute approximate surface area is 109 Å². The van der Waals surface area contributed by atoms with Crippen LogP contribution >= 0.6 is 0 Å². The normalized spacial score (nSPS) is 26.4. The summed E-state index contributed by atoms with van der Waals surface area (Å²) >= 11 is 0. The summed E-state index contributed by atoms with van der Waals surface area (Å²) in [6.07, 6.45) is 3.88. The van der Waals surface area contributed by atoms with Gasteiger partial charge in [0.2, 0.25) is 5.91 Å². The lowest BCUT2D eigenvalue weighted by atomic mass is 10.1. The molecule has 2 aliphatic rings. The summed E-state index contributed by atoms with van der Waals surface area (Å²) < 4.78 is 5.32. The number of fused-ring (bicyclic) bond motifs is 1. The summed E-state index contributed by atoms with van der Waals surface area (Å²) in [7, 11) is 1.75. The van der Waals surface area contributed by atoms with Crippen molar-refractivity contribution in [3.8, 4) is 0 Å². The van der Waals surface area contributed by atoms with E-state index >= 15 is 0 Å². The summed E-state index contributed by atoms with van der Waals surface area (Å²) in [4.78, 5) is 16.2. The van der Waals surface area contributed by atoms with Crippen LogP contribution in [0.25, 0.3) is 0 Å². The number of methoxy groups -OCH3 is 1. The number of hydrogen-bond acceptors (Lipinski definition) is 4. The van der Waals surface area contributed by atoms with Gasteiger partial charge in [0.25, 0.3) is 0 Å². The van der Waals surface area contributed by atoms with Crippen molar-refractivity contribution in [2.45, 2.75) is 37.8 Å². The Kier molecular flexibility index (Phi) is 4.97.